The molecule has 6 heteroatoms. The van der Waals surface area contributed by atoms with Gasteiger partial charge in [0.25, 0.3) is 5.91 Å². The fourth-order valence-electron chi connectivity index (χ4n) is 2.56. The predicted octanol–water partition coefficient (Wildman–Crippen LogP) is 1.30. The number of hydrogen-bond acceptors (Lipinski definition) is 4. The number of nitrogens with one attached hydrogen (secondary N) is 1. The van der Waals surface area contributed by atoms with Crippen LogP contribution in [0, 0.1) is 5.92 Å². The van der Waals surface area contributed by atoms with E-state index in [-0.39, 0.29) is 19.1 Å². The van der Waals surface area contributed by atoms with E-state index in [1.54, 1.807) is 24.3 Å². The fraction of sp³-hybridized carbons (Fsp3) is 0.467. The van der Waals surface area contributed by atoms with Crippen molar-refractivity contribution in [2.24, 2.45) is 5.92 Å². The zero-order valence-corrected chi connectivity index (χ0v) is 12.5. The van der Waals surface area contributed by atoms with Gasteiger partial charge in [-0.1, -0.05) is 23.7 Å². The van der Waals surface area contributed by atoms with Gasteiger partial charge < -0.3 is 5.11 Å². The van der Waals surface area contributed by atoms with Crippen LogP contribution in [0.2, 0.25) is 5.02 Å². The van der Waals surface area contributed by atoms with E-state index in [1.807, 2.05) is 4.90 Å². The molecule has 1 aliphatic heterocycles. The molecular formula is C15H19ClN2O3. The highest BCUT2D eigenvalue weighted by Crippen LogP contribution is 2.18. The third kappa shape index (κ3) is 4.52. The number of halogens is 1. The summed E-state index contributed by atoms with van der Waals surface area (Å²) in [5.74, 6) is -0.372. The average Bonchev–Trinajstić information content (AvgIpc) is 2.86. The molecule has 5 nitrogen and oxygen atoms in total. The highest BCUT2D eigenvalue weighted by atomic mass is 35.5. The average molecular weight is 311 g/mol. The molecule has 114 valence electrons. The quantitative estimate of drug-likeness (QED) is 0.860. The van der Waals surface area contributed by atoms with Gasteiger partial charge in [0.1, 0.15) is 0 Å². The number of carbonyl (C=O) groups excluding carboxylic acids is 2. The molecule has 2 rings (SSSR count). The van der Waals surface area contributed by atoms with Gasteiger partial charge in [-0.15, -0.1) is 0 Å². The van der Waals surface area contributed by atoms with Crippen molar-refractivity contribution < 1.29 is 14.7 Å². The van der Waals surface area contributed by atoms with Gasteiger partial charge in [0.2, 0.25) is 5.91 Å². The Balaban J connectivity index is 1.83. The molecule has 0 bridgehead atoms. The van der Waals surface area contributed by atoms with Crippen molar-refractivity contribution in [3.8, 4) is 0 Å². The molecule has 2 amide bonds. The summed E-state index contributed by atoms with van der Waals surface area (Å²) >= 11 is 5.92. The minimum atomic E-state index is -0.475. The van der Waals surface area contributed by atoms with Gasteiger partial charge in [-0.05, 0) is 37.4 Å². The first-order valence-corrected chi connectivity index (χ1v) is 7.40. The fourth-order valence-corrected chi connectivity index (χ4v) is 2.78. The summed E-state index contributed by atoms with van der Waals surface area (Å²) in [4.78, 5) is 25.8. The van der Waals surface area contributed by atoms with E-state index in [4.69, 9.17) is 16.7 Å². The van der Waals surface area contributed by atoms with Crippen LogP contribution in [0.5, 0.6) is 0 Å². The van der Waals surface area contributed by atoms with E-state index < -0.39 is 5.91 Å². The van der Waals surface area contributed by atoms with Crippen LogP contribution in [0.15, 0.2) is 24.3 Å². The van der Waals surface area contributed by atoms with Crippen LogP contribution in [0.3, 0.4) is 0 Å². The van der Waals surface area contributed by atoms with Crippen molar-refractivity contribution in [2.45, 2.75) is 12.8 Å². The third-order valence-corrected chi connectivity index (χ3v) is 3.98. The van der Waals surface area contributed by atoms with E-state index in [0.717, 1.165) is 25.9 Å². The van der Waals surface area contributed by atoms with Crippen molar-refractivity contribution in [3.05, 3.63) is 34.9 Å². The van der Waals surface area contributed by atoms with E-state index in [0.29, 0.717) is 16.5 Å². The van der Waals surface area contributed by atoms with Crippen molar-refractivity contribution >= 4 is 23.4 Å². The maximum atomic E-state index is 11.9. The Morgan fingerprint density at radius 3 is 2.86 bits per heavy atom. The lowest BCUT2D eigenvalue weighted by molar-refractivity contribution is -0.121. The van der Waals surface area contributed by atoms with Crippen molar-refractivity contribution in [3.63, 3.8) is 0 Å². The molecule has 1 atom stereocenters. The van der Waals surface area contributed by atoms with Crippen LogP contribution in [0.25, 0.3) is 0 Å². The molecule has 1 saturated heterocycles. The van der Waals surface area contributed by atoms with Crippen LogP contribution in [0.4, 0.5) is 0 Å². The highest BCUT2D eigenvalue weighted by molar-refractivity contribution is 6.34. The number of carbonyl (C=O) groups is 2. The predicted molar refractivity (Wildman–Crippen MR) is 80.2 cm³/mol. The maximum Gasteiger partial charge on any atom is 0.259 e. The standard InChI is InChI=1S/C15H19ClN2O3/c16-13-4-2-1-3-12(13)15(21)17-14(20)10-18-7-5-11(9-18)6-8-19/h1-4,11,19H,5-10H2,(H,17,20,21). The lowest BCUT2D eigenvalue weighted by Crippen LogP contribution is -2.39. The molecule has 1 unspecified atom stereocenters. The molecule has 1 fully saturated rings. The summed E-state index contributed by atoms with van der Waals surface area (Å²) < 4.78 is 0. The Labute approximate surface area is 128 Å². The molecule has 2 N–H and O–H groups in total. The second-order valence-corrected chi connectivity index (χ2v) is 5.67. The topological polar surface area (TPSA) is 69.6 Å². The van der Waals surface area contributed by atoms with Crippen LogP contribution < -0.4 is 5.32 Å². The molecular weight excluding hydrogens is 292 g/mol. The molecule has 0 spiro atoms. The molecule has 0 aliphatic carbocycles. The molecule has 1 heterocycles. The Morgan fingerprint density at radius 2 is 2.14 bits per heavy atom. The summed E-state index contributed by atoms with van der Waals surface area (Å²) in [6.07, 6.45) is 1.74. The summed E-state index contributed by atoms with van der Waals surface area (Å²) in [7, 11) is 0. The number of likely N-dealkylation sites (tertiary alicyclic amines) is 1. The molecule has 21 heavy (non-hydrogen) atoms. The number of aliphatic hydroxyl groups is 1. The third-order valence-electron chi connectivity index (χ3n) is 3.65. The van der Waals surface area contributed by atoms with Crippen LogP contribution in [-0.2, 0) is 4.79 Å². The Morgan fingerprint density at radius 1 is 1.38 bits per heavy atom. The van der Waals surface area contributed by atoms with Gasteiger partial charge in [-0.3, -0.25) is 19.8 Å². The van der Waals surface area contributed by atoms with Gasteiger partial charge in [0.15, 0.2) is 0 Å². The molecule has 1 aromatic carbocycles. The van der Waals surface area contributed by atoms with Gasteiger partial charge in [0, 0.05) is 13.2 Å². The zero-order chi connectivity index (χ0) is 15.2. The number of nitrogens with zero attached hydrogens (tertiary/aromatic N) is 1. The monoisotopic (exact) mass is 310 g/mol. The van der Waals surface area contributed by atoms with Crippen LogP contribution >= 0.6 is 11.6 Å². The van der Waals surface area contributed by atoms with E-state index in [1.165, 1.54) is 0 Å². The zero-order valence-electron chi connectivity index (χ0n) is 11.7. The number of hydrogen-bond donors (Lipinski definition) is 2. The number of aliphatic hydroxyl groups excluding tert-OH is 1. The summed E-state index contributed by atoms with van der Waals surface area (Å²) in [6, 6.07) is 6.62. The van der Waals surface area contributed by atoms with Gasteiger partial charge in [-0.25, -0.2) is 0 Å². The first-order valence-electron chi connectivity index (χ1n) is 7.02. The number of imide groups is 1. The first-order chi connectivity index (χ1) is 10.1. The molecule has 0 aromatic heterocycles. The molecule has 1 aliphatic rings. The molecule has 0 radical (unpaired) electrons. The van der Waals surface area contributed by atoms with Gasteiger partial charge in [0.05, 0.1) is 17.1 Å². The second-order valence-electron chi connectivity index (χ2n) is 5.26. The summed E-state index contributed by atoms with van der Waals surface area (Å²) in [5, 5.41) is 11.6. The van der Waals surface area contributed by atoms with E-state index in [2.05, 4.69) is 5.32 Å². The molecule has 0 saturated carbocycles. The lowest BCUT2D eigenvalue weighted by Gasteiger charge is -2.15. The van der Waals surface area contributed by atoms with E-state index >= 15 is 0 Å². The largest absolute Gasteiger partial charge is 0.396 e. The van der Waals surface area contributed by atoms with Crippen molar-refractivity contribution in [1.29, 1.82) is 0 Å². The summed E-state index contributed by atoms with van der Waals surface area (Å²) in [6.45, 7) is 1.97. The van der Waals surface area contributed by atoms with E-state index in [9.17, 15) is 9.59 Å². The number of amides is 2. The normalized spacial score (nSPS) is 18.7. The van der Waals surface area contributed by atoms with Crippen LogP contribution in [-0.4, -0.2) is 48.1 Å². The lowest BCUT2D eigenvalue weighted by atomic mass is 10.1. The van der Waals surface area contributed by atoms with Crippen molar-refractivity contribution in [1.82, 2.24) is 10.2 Å². The van der Waals surface area contributed by atoms with Crippen molar-refractivity contribution in [2.75, 3.05) is 26.2 Å². The smallest absolute Gasteiger partial charge is 0.259 e. The Bertz CT molecular complexity index is 521. The Kier molecular flexibility index (Phi) is 5.73. The highest BCUT2D eigenvalue weighted by Gasteiger charge is 2.24. The van der Waals surface area contributed by atoms with Gasteiger partial charge in [-0.2, -0.15) is 0 Å². The minimum Gasteiger partial charge on any atom is -0.396 e. The minimum absolute atomic E-state index is 0.176. The maximum absolute atomic E-state index is 11.9. The van der Waals surface area contributed by atoms with Crippen LogP contribution in [0.1, 0.15) is 23.2 Å². The van der Waals surface area contributed by atoms with Gasteiger partial charge >= 0.3 is 0 Å². The second kappa shape index (κ2) is 7.54. The molecule has 1 aromatic rings. The number of rotatable bonds is 5. The first kappa shape index (κ1) is 15.9. The Hall–Kier alpha value is -1.43. The SMILES string of the molecule is O=C(CN1CCC(CCO)C1)NC(=O)c1ccccc1Cl. The number of benzene rings is 1. The summed E-state index contributed by atoms with van der Waals surface area (Å²) in [5.41, 5.74) is 0.298.